The Kier molecular flexibility index (Phi) is 8.32. The third kappa shape index (κ3) is 6.39. The molecule has 0 heterocycles. The molecular formula is C26H27F2N3O3. The number of hydrogen-bond donors (Lipinski definition) is 2. The number of ether oxygens (including phenoxy) is 1. The first kappa shape index (κ1) is 24.9. The predicted molar refractivity (Wildman–Crippen MR) is 128 cm³/mol. The lowest BCUT2D eigenvalue weighted by molar-refractivity contribution is -0.116. The molecule has 178 valence electrons. The molecule has 1 unspecified atom stereocenters. The van der Waals surface area contributed by atoms with Crippen molar-refractivity contribution in [2.24, 2.45) is 0 Å². The van der Waals surface area contributed by atoms with Crippen LogP contribution in [0.25, 0.3) is 0 Å². The lowest BCUT2D eigenvalue weighted by atomic mass is 10.1. The highest BCUT2D eigenvalue weighted by Gasteiger charge is 2.17. The summed E-state index contributed by atoms with van der Waals surface area (Å²) in [6.45, 7) is 2.10. The summed E-state index contributed by atoms with van der Waals surface area (Å²) in [7, 11) is 3.28. The van der Waals surface area contributed by atoms with Gasteiger partial charge in [-0.25, -0.2) is 8.78 Å². The van der Waals surface area contributed by atoms with Crippen molar-refractivity contribution in [3.63, 3.8) is 0 Å². The number of nitrogens with zero attached hydrogens (tertiary/aromatic N) is 1. The van der Waals surface area contributed by atoms with E-state index in [1.54, 1.807) is 61.3 Å². The zero-order valence-corrected chi connectivity index (χ0v) is 19.3. The van der Waals surface area contributed by atoms with Gasteiger partial charge in [-0.1, -0.05) is 12.1 Å². The van der Waals surface area contributed by atoms with E-state index in [-0.39, 0.29) is 23.8 Å². The third-order valence-electron chi connectivity index (χ3n) is 5.55. The van der Waals surface area contributed by atoms with Crippen LogP contribution in [0, 0.1) is 11.6 Å². The molecule has 0 radical (unpaired) electrons. The molecule has 0 aliphatic carbocycles. The van der Waals surface area contributed by atoms with Gasteiger partial charge >= 0.3 is 0 Å². The van der Waals surface area contributed by atoms with Gasteiger partial charge in [-0.2, -0.15) is 0 Å². The van der Waals surface area contributed by atoms with Crippen molar-refractivity contribution in [2.45, 2.75) is 19.4 Å². The Bertz CT molecular complexity index is 1150. The fraction of sp³-hybridized carbons (Fsp3) is 0.231. The van der Waals surface area contributed by atoms with E-state index >= 15 is 0 Å². The van der Waals surface area contributed by atoms with E-state index in [9.17, 15) is 18.4 Å². The van der Waals surface area contributed by atoms with Gasteiger partial charge in [0.15, 0.2) is 0 Å². The maximum atomic E-state index is 14.0. The first-order chi connectivity index (χ1) is 16.3. The number of amides is 2. The fourth-order valence-corrected chi connectivity index (χ4v) is 3.41. The van der Waals surface area contributed by atoms with Gasteiger partial charge in [0.05, 0.1) is 12.8 Å². The summed E-state index contributed by atoms with van der Waals surface area (Å²) < 4.78 is 32.7. The molecule has 0 aliphatic rings. The average Bonchev–Trinajstić information content (AvgIpc) is 2.84. The van der Waals surface area contributed by atoms with E-state index in [1.807, 2.05) is 6.07 Å². The van der Waals surface area contributed by atoms with Crippen LogP contribution in [0.3, 0.4) is 0 Å². The van der Waals surface area contributed by atoms with Gasteiger partial charge in [-0.15, -0.1) is 0 Å². The highest BCUT2D eigenvalue weighted by molar-refractivity contribution is 6.05. The molecule has 6 nitrogen and oxygen atoms in total. The number of rotatable bonds is 9. The summed E-state index contributed by atoms with van der Waals surface area (Å²) in [5.41, 5.74) is 1.77. The van der Waals surface area contributed by atoms with E-state index < -0.39 is 17.7 Å². The number of halogens is 2. The molecule has 0 saturated heterocycles. The Balaban J connectivity index is 1.52. The van der Waals surface area contributed by atoms with Crippen LogP contribution >= 0.6 is 0 Å². The van der Waals surface area contributed by atoms with E-state index in [0.29, 0.717) is 29.2 Å². The van der Waals surface area contributed by atoms with Crippen molar-refractivity contribution in [2.75, 3.05) is 31.3 Å². The first-order valence-electron chi connectivity index (χ1n) is 10.8. The second-order valence-electron chi connectivity index (χ2n) is 7.85. The van der Waals surface area contributed by atoms with Crippen LogP contribution in [-0.2, 0) is 4.79 Å². The standard InChI is InChI=1S/C26H27F2N3O3/c1-17(21-16-19(27)10-13-22(21)28)31(2)15-14-25(32)29-20-11-8-18(9-12-20)26(33)30-23-6-4-5-7-24(23)34-3/h4-13,16-17H,14-15H2,1-3H3,(H,29,32)(H,30,33). The predicted octanol–water partition coefficient (Wildman–Crippen LogP) is 5.25. The molecule has 1 atom stereocenters. The van der Waals surface area contributed by atoms with Crippen molar-refractivity contribution in [3.05, 3.63) is 89.5 Å². The van der Waals surface area contributed by atoms with Gasteiger partial charge in [-0.3, -0.25) is 14.5 Å². The number of anilines is 2. The summed E-state index contributed by atoms with van der Waals surface area (Å²) in [6.07, 6.45) is 0.161. The molecule has 0 fully saturated rings. The number of hydrogen-bond acceptors (Lipinski definition) is 4. The molecule has 2 N–H and O–H groups in total. The Labute approximate surface area is 197 Å². The van der Waals surface area contributed by atoms with Crippen molar-refractivity contribution in [3.8, 4) is 5.75 Å². The topological polar surface area (TPSA) is 70.7 Å². The van der Waals surface area contributed by atoms with Crippen LogP contribution in [-0.4, -0.2) is 37.4 Å². The minimum Gasteiger partial charge on any atom is -0.495 e. The maximum absolute atomic E-state index is 14.0. The van der Waals surface area contributed by atoms with Gasteiger partial charge in [0.2, 0.25) is 5.91 Å². The second-order valence-corrected chi connectivity index (χ2v) is 7.85. The molecular weight excluding hydrogens is 440 g/mol. The molecule has 3 rings (SSSR count). The molecule has 3 aromatic rings. The van der Waals surface area contributed by atoms with Crippen LogP contribution < -0.4 is 15.4 Å². The largest absolute Gasteiger partial charge is 0.495 e. The Morgan fingerprint density at radius 2 is 1.71 bits per heavy atom. The van der Waals surface area contributed by atoms with Gasteiger partial charge in [0.1, 0.15) is 17.4 Å². The molecule has 0 aromatic heterocycles. The van der Waals surface area contributed by atoms with E-state index in [0.717, 1.165) is 12.1 Å². The number of carbonyl (C=O) groups excluding carboxylic acids is 2. The zero-order valence-electron chi connectivity index (χ0n) is 19.3. The molecule has 34 heavy (non-hydrogen) atoms. The van der Waals surface area contributed by atoms with Crippen LogP contribution in [0.5, 0.6) is 5.75 Å². The Hall–Kier alpha value is -3.78. The quantitative estimate of drug-likeness (QED) is 0.451. The van der Waals surface area contributed by atoms with Crippen LogP contribution in [0.2, 0.25) is 0 Å². The summed E-state index contributed by atoms with van der Waals surface area (Å²) in [6, 6.07) is 16.6. The zero-order chi connectivity index (χ0) is 24.7. The van der Waals surface area contributed by atoms with Gasteiger partial charge in [-0.05, 0) is 68.6 Å². The molecule has 2 amide bonds. The number of nitrogens with one attached hydrogen (secondary N) is 2. The molecule has 3 aromatic carbocycles. The van der Waals surface area contributed by atoms with Crippen molar-refractivity contribution in [1.29, 1.82) is 0 Å². The van der Waals surface area contributed by atoms with Crippen LogP contribution in [0.15, 0.2) is 66.7 Å². The van der Waals surface area contributed by atoms with Crippen LogP contribution in [0.4, 0.5) is 20.2 Å². The number of carbonyl (C=O) groups is 2. The smallest absolute Gasteiger partial charge is 0.255 e. The van der Waals surface area contributed by atoms with Crippen LogP contribution in [0.1, 0.15) is 35.3 Å². The Morgan fingerprint density at radius 1 is 1.00 bits per heavy atom. The maximum Gasteiger partial charge on any atom is 0.255 e. The summed E-state index contributed by atoms with van der Waals surface area (Å²) in [5, 5.41) is 5.57. The summed E-state index contributed by atoms with van der Waals surface area (Å²) in [5.74, 6) is -0.971. The second kappa shape index (κ2) is 11.4. The number of para-hydroxylation sites is 2. The fourth-order valence-electron chi connectivity index (χ4n) is 3.41. The highest BCUT2D eigenvalue weighted by Crippen LogP contribution is 2.24. The summed E-state index contributed by atoms with van der Waals surface area (Å²) >= 11 is 0. The minimum absolute atomic E-state index is 0.161. The lowest BCUT2D eigenvalue weighted by Gasteiger charge is -2.25. The van der Waals surface area contributed by atoms with Gasteiger partial charge < -0.3 is 15.4 Å². The molecule has 0 bridgehead atoms. The molecule has 0 saturated carbocycles. The van der Waals surface area contributed by atoms with E-state index in [4.69, 9.17) is 4.74 Å². The van der Waals surface area contributed by atoms with E-state index in [2.05, 4.69) is 10.6 Å². The van der Waals surface area contributed by atoms with Crippen molar-refractivity contribution >= 4 is 23.2 Å². The molecule has 8 heteroatoms. The first-order valence-corrected chi connectivity index (χ1v) is 10.8. The van der Waals surface area contributed by atoms with E-state index in [1.165, 1.54) is 13.2 Å². The normalized spacial score (nSPS) is 11.7. The molecule has 0 spiro atoms. The highest BCUT2D eigenvalue weighted by atomic mass is 19.1. The lowest BCUT2D eigenvalue weighted by Crippen LogP contribution is -2.27. The van der Waals surface area contributed by atoms with Crippen molar-refractivity contribution in [1.82, 2.24) is 4.90 Å². The molecule has 0 aliphatic heterocycles. The van der Waals surface area contributed by atoms with Gasteiger partial charge in [0, 0.05) is 35.8 Å². The monoisotopic (exact) mass is 467 g/mol. The Morgan fingerprint density at radius 3 is 2.41 bits per heavy atom. The number of benzene rings is 3. The SMILES string of the molecule is COc1ccccc1NC(=O)c1ccc(NC(=O)CCN(C)C(C)c2cc(F)ccc2F)cc1. The average molecular weight is 468 g/mol. The third-order valence-corrected chi connectivity index (χ3v) is 5.55. The number of methoxy groups -OCH3 is 1. The minimum atomic E-state index is -0.505. The van der Waals surface area contributed by atoms with Gasteiger partial charge in [0.25, 0.3) is 5.91 Å². The summed E-state index contributed by atoms with van der Waals surface area (Å²) in [4.78, 5) is 26.7. The van der Waals surface area contributed by atoms with Crippen molar-refractivity contribution < 1.29 is 23.1 Å².